The highest BCUT2D eigenvalue weighted by Crippen LogP contribution is 2.35. The van der Waals surface area contributed by atoms with E-state index in [9.17, 15) is 14.7 Å². The van der Waals surface area contributed by atoms with Crippen LogP contribution in [-0.4, -0.2) is 39.8 Å². The van der Waals surface area contributed by atoms with Crippen molar-refractivity contribution in [1.82, 2.24) is 4.90 Å². The van der Waals surface area contributed by atoms with Crippen LogP contribution in [0.3, 0.4) is 0 Å². The minimum absolute atomic E-state index is 0.0601. The topological polar surface area (TPSA) is 66.8 Å². The molecule has 0 spiro atoms. The number of imide groups is 1. The molecule has 5 heteroatoms. The van der Waals surface area contributed by atoms with Gasteiger partial charge in [-0.25, -0.2) is 9.69 Å². The van der Waals surface area contributed by atoms with Gasteiger partial charge >= 0.3 is 6.09 Å². The molecular weight excluding hydrogens is 246 g/mol. The lowest BCUT2D eigenvalue weighted by Crippen LogP contribution is -2.50. The fourth-order valence-electron chi connectivity index (χ4n) is 2.75. The van der Waals surface area contributed by atoms with Crippen LogP contribution < -0.4 is 0 Å². The van der Waals surface area contributed by atoms with Gasteiger partial charge in [-0.05, 0) is 26.7 Å². The van der Waals surface area contributed by atoms with E-state index in [4.69, 9.17) is 4.74 Å². The fourth-order valence-corrected chi connectivity index (χ4v) is 2.75. The van der Waals surface area contributed by atoms with Crippen LogP contribution in [0.2, 0.25) is 0 Å². The number of nitrogens with zero attached hydrogens (tertiary/aromatic N) is 1. The Hall–Kier alpha value is -1.36. The minimum Gasteiger partial charge on any atom is -0.441 e. The van der Waals surface area contributed by atoms with E-state index in [1.54, 1.807) is 13.8 Å². The molecule has 1 saturated heterocycles. The fraction of sp³-hybridized carbons (Fsp3) is 0.714. The molecule has 19 heavy (non-hydrogen) atoms. The maximum Gasteiger partial charge on any atom is 0.417 e. The zero-order chi connectivity index (χ0) is 15.0. The lowest BCUT2D eigenvalue weighted by Gasteiger charge is -2.32. The number of rotatable bonds is 4. The first-order chi connectivity index (χ1) is 8.63. The summed E-state index contributed by atoms with van der Waals surface area (Å²) in [7, 11) is 0. The van der Waals surface area contributed by atoms with Crippen LogP contribution in [-0.2, 0) is 9.53 Å². The summed E-state index contributed by atoms with van der Waals surface area (Å²) in [4.78, 5) is 25.5. The molecule has 1 aliphatic heterocycles. The Labute approximate surface area is 114 Å². The molecule has 0 unspecified atom stereocenters. The molecule has 0 aromatic heterocycles. The maximum absolute atomic E-state index is 12.4. The van der Waals surface area contributed by atoms with Crippen molar-refractivity contribution in [2.45, 2.75) is 52.4 Å². The number of aliphatic hydroxyl groups is 1. The van der Waals surface area contributed by atoms with E-state index in [2.05, 4.69) is 6.58 Å². The second-order valence-corrected chi connectivity index (χ2v) is 5.87. The number of hydrogen-bond acceptors (Lipinski definition) is 4. The van der Waals surface area contributed by atoms with E-state index < -0.39 is 29.6 Å². The zero-order valence-electron chi connectivity index (χ0n) is 12.2. The van der Waals surface area contributed by atoms with Gasteiger partial charge in [0.15, 0.2) is 0 Å². The normalized spacial score (nSPS) is 25.1. The molecule has 0 aliphatic carbocycles. The summed E-state index contributed by atoms with van der Waals surface area (Å²) in [6, 6.07) is -0.353. The summed E-state index contributed by atoms with van der Waals surface area (Å²) in [5, 5.41) is 9.61. The van der Waals surface area contributed by atoms with Crippen LogP contribution in [0.15, 0.2) is 12.7 Å². The third-order valence-electron chi connectivity index (χ3n) is 3.47. The minimum atomic E-state index is -0.894. The maximum atomic E-state index is 12.4. The van der Waals surface area contributed by atoms with Gasteiger partial charge in [-0.3, -0.25) is 4.79 Å². The van der Waals surface area contributed by atoms with E-state index >= 15 is 0 Å². The lowest BCUT2D eigenvalue weighted by atomic mass is 9.88. The van der Waals surface area contributed by atoms with Crippen LogP contribution in [0, 0.1) is 11.8 Å². The van der Waals surface area contributed by atoms with Crippen LogP contribution in [0.1, 0.15) is 34.6 Å². The average molecular weight is 269 g/mol. The van der Waals surface area contributed by atoms with Crippen molar-refractivity contribution in [3.05, 3.63) is 12.7 Å². The monoisotopic (exact) mass is 269 g/mol. The Bertz CT molecular complexity index is 387. The number of aliphatic hydroxyl groups excluding tert-OH is 1. The van der Waals surface area contributed by atoms with Crippen LogP contribution in [0.4, 0.5) is 4.79 Å². The number of amides is 2. The number of carbonyl (C=O) groups excluding carboxylic acids is 2. The molecule has 1 N–H and O–H groups in total. The molecule has 0 radical (unpaired) electrons. The second-order valence-electron chi connectivity index (χ2n) is 5.87. The van der Waals surface area contributed by atoms with Crippen LogP contribution in [0.25, 0.3) is 0 Å². The van der Waals surface area contributed by atoms with E-state index in [1.807, 2.05) is 13.8 Å². The van der Waals surface area contributed by atoms with Crippen molar-refractivity contribution in [3.63, 3.8) is 0 Å². The zero-order valence-corrected chi connectivity index (χ0v) is 12.2. The largest absolute Gasteiger partial charge is 0.441 e. The smallest absolute Gasteiger partial charge is 0.417 e. The van der Waals surface area contributed by atoms with E-state index in [0.717, 1.165) is 4.90 Å². The summed E-state index contributed by atoms with van der Waals surface area (Å²) in [6.45, 7) is 12.5. The first-order valence-corrected chi connectivity index (χ1v) is 6.50. The molecule has 0 saturated carbocycles. The number of carbonyl (C=O) groups is 2. The number of hydrogen-bond donors (Lipinski definition) is 1. The molecule has 5 nitrogen and oxygen atoms in total. The van der Waals surface area contributed by atoms with Crippen LogP contribution in [0.5, 0.6) is 0 Å². The van der Waals surface area contributed by atoms with Gasteiger partial charge < -0.3 is 9.84 Å². The predicted molar refractivity (Wildman–Crippen MR) is 71.4 cm³/mol. The average Bonchev–Trinajstić information content (AvgIpc) is 2.47. The molecule has 0 aromatic rings. The van der Waals surface area contributed by atoms with Crippen molar-refractivity contribution in [3.8, 4) is 0 Å². The molecule has 1 rings (SSSR count). The third kappa shape index (κ3) is 2.81. The highest BCUT2D eigenvalue weighted by Gasteiger charge is 2.52. The number of ether oxygens (including phenoxy) is 1. The first-order valence-electron chi connectivity index (χ1n) is 6.50. The molecule has 0 bridgehead atoms. The predicted octanol–water partition coefficient (Wildman–Crippen LogP) is 1.95. The Balaban J connectivity index is 3.12. The molecule has 1 aliphatic rings. The standard InChI is InChI=1S/C14H23NO4/c1-7-10(9(4)16)12(17)15-11(8(2)3)14(5,6)19-13(15)18/h7-11,16H,1H2,2-6H3/t9-,10+,11+/m1/s1. The molecule has 0 aromatic carbocycles. The highest BCUT2D eigenvalue weighted by atomic mass is 16.6. The molecule has 1 fully saturated rings. The van der Waals surface area contributed by atoms with E-state index in [0.29, 0.717) is 0 Å². The van der Waals surface area contributed by atoms with Gasteiger partial charge in [0.25, 0.3) is 0 Å². The van der Waals surface area contributed by atoms with E-state index in [1.165, 1.54) is 13.0 Å². The SMILES string of the molecule is C=C[C@H](C(=O)N1C(=O)OC(C)(C)[C@@H]1C(C)C)[C@@H](C)O. The van der Waals surface area contributed by atoms with Gasteiger partial charge in [0.2, 0.25) is 5.91 Å². The van der Waals surface area contributed by atoms with Gasteiger partial charge in [0.05, 0.1) is 18.1 Å². The quantitative estimate of drug-likeness (QED) is 0.792. The lowest BCUT2D eigenvalue weighted by molar-refractivity contribution is -0.136. The van der Waals surface area contributed by atoms with Crippen molar-refractivity contribution < 1.29 is 19.4 Å². The van der Waals surface area contributed by atoms with Gasteiger partial charge in [-0.1, -0.05) is 19.9 Å². The summed E-state index contributed by atoms with van der Waals surface area (Å²) < 4.78 is 5.28. The Kier molecular flexibility index (Phi) is 4.40. The Morgan fingerprint density at radius 1 is 1.47 bits per heavy atom. The Morgan fingerprint density at radius 2 is 2.00 bits per heavy atom. The first kappa shape index (κ1) is 15.7. The van der Waals surface area contributed by atoms with Crippen molar-refractivity contribution in [2.24, 2.45) is 11.8 Å². The van der Waals surface area contributed by atoms with E-state index in [-0.39, 0.29) is 12.0 Å². The summed E-state index contributed by atoms with van der Waals surface area (Å²) in [5.74, 6) is -1.20. The highest BCUT2D eigenvalue weighted by molar-refractivity contribution is 5.96. The Morgan fingerprint density at radius 3 is 2.37 bits per heavy atom. The van der Waals surface area contributed by atoms with Gasteiger partial charge in [0.1, 0.15) is 5.60 Å². The summed E-state index contributed by atoms with van der Waals surface area (Å²) in [6.07, 6.45) is -0.182. The van der Waals surface area contributed by atoms with Crippen molar-refractivity contribution in [1.29, 1.82) is 0 Å². The van der Waals surface area contributed by atoms with Gasteiger partial charge in [-0.15, -0.1) is 6.58 Å². The third-order valence-corrected chi connectivity index (χ3v) is 3.47. The summed E-state index contributed by atoms with van der Waals surface area (Å²) >= 11 is 0. The molecular formula is C14H23NO4. The molecule has 108 valence electrons. The molecule has 3 atom stereocenters. The number of cyclic esters (lactones) is 1. The van der Waals surface area contributed by atoms with Crippen molar-refractivity contribution >= 4 is 12.0 Å². The molecule has 2 amide bonds. The summed E-state index contributed by atoms with van der Waals surface area (Å²) in [5.41, 5.74) is -0.731. The van der Waals surface area contributed by atoms with Crippen LogP contribution >= 0.6 is 0 Å². The van der Waals surface area contributed by atoms with Crippen molar-refractivity contribution in [2.75, 3.05) is 0 Å². The second kappa shape index (κ2) is 5.33. The van der Waals surface area contributed by atoms with Gasteiger partial charge in [-0.2, -0.15) is 0 Å². The molecule has 1 heterocycles. The van der Waals surface area contributed by atoms with Gasteiger partial charge in [0, 0.05) is 0 Å².